The number of halogens is 1. The Hall–Kier alpha value is -1.79. The number of amides is 2. The molecule has 0 radical (unpaired) electrons. The van der Waals surface area contributed by atoms with Crippen molar-refractivity contribution in [1.29, 1.82) is 0 Å². The predicted molar refractivity (Wildman–Crippen MR) is 103 cm³/mol. The molecule has 0 aromatic heterocycles. The first-order valence-electron chi connectivity index (χ1n) is 8.99. The van der Waals surface area contributed by atoms with Crippen molar-refractivity contribution in [1.82, 2.24) is 15.5 Å². The van der Waals surface area contributed by atoms with Crippen molar-refractivity contribution >= 4 is 24.2 Å². The molecule has 2 N–H and O–H groups in total. The highest BCUT2D eigenvalue weighted by Crippen LogP contribution is 2.41. The first kappa shape index (κ1) is 20.5. The summed E-state index contributed by atoms with van der Waals surface area (Å²) in [6, 6.07) is 7.41. The summed E-state index contributed by atoms with van der Waals surface area (Å²) in [6.45, 7) is 4.36. The zero-order valence-corrected chi connectivity index (χ0v) is 16.2. The van der Waals surface area contributed by atoms with Crippen LogP contribution in [0.25, 0.3) is 0 Å². The number of carbonyl (C=O) groups excluding carboxylic acids is 2. The molecule has 0 spiro atoms. The Balaban J connectivity index is 0.00000243. The second-order valence-electron chi connectivity index (χ2n) is 7.16. The molecule has 3 rings (SSSR count). The lowest BCUT2D eigenvalue weighted by Gasteiger charge is -2.19. The Morgan fingerprint density at radius 1 is 1.19 bits per heavy atom. The quantitative estimate of drug-likeness (QED) is 0.705. The number of nitrogens with zero attached hydrogens (tertiary/aromatic N) is 1. The van der Waals surface area contributed by atoms with Crippen LogP contribution in [0.15, 0.2) is 24.3 Å². The summed E-state index contributed by atoms with van der Waals surface area (Å²) in [4.78, 5) is 25.6. The van der Waals surface area contributed by atoms with Crippen LogP contribution in [0.5, 0.6) is 5.75 Å². The van der Waals surface area contributed by atoms with E-state index in [9.17, 15) is 9.59 Å². The van der Waals surface area contributed by atoms with Crippen LogP contribution < -0.4 is 15.4 Å². The number of hydrogen-bond acceptors (Lipinski definition) is 4. The van der Waals surface area contributed by atoms with E-state index in [4.69, 9.17) is 4.74 Å². The highest BCUT2D eigenvalue weighted by molar-refractivity contribution is 5.94. The SMILES string of the molecule is CC(=O)NCCOc1ccc(C(=O)N[C@H]2CN(C)C[C@@H]2C2CC2)cc1.Cl. The average molecular weight is 382 g/mol. The largest absolute Gasteiger partial charge is 0.492 e. The Labute approximate surface area is 161 Å². The second-order valence-corrected chi connectivity index (χ2v) is 7.16. The summed E-state index contributed by atoms with van der Waals surface area (Å²) >= 11 is 0. The Kier molecular flexibility index (Phi) is 7.29. The Bertz CT molecular complexity index is 619. The number of likely N-dealkylation sites (N-methyl/N-ethyl adjacent to an activating group) is 1. The van der Waals surface area contributed by atoms with Crippen molar-refractivity contribution < 1.29 is 14.3 Å². The van der Waals surface area contributed by atoms with Crippen LogP contribution in [-0.2, 0) is 4.79 Å². The van der Waals surface area contributed by atoms with Crippen molar-refractivity contribution in [3.8, 4) is 5.75 Å². The fraction of sp³-hybridized carbons (Fsp3) is 0.579. The molecule has 6 nitrogen and oxygen atoms in total. The van der Waals surface area contributed by atoms with Gasteiger partial charge in [-0.25, -0.2) is 0 Å². The van der Waals surface area contributed by atoms with E-state index in [-0.39, 0.29) is 30.3 Å². The van der Waals surface area contributed by atoms with Crippen LogP contribution in [0, 0.1) is 11.8 Å². The molecule has 26 heavy (non-hydrogen) atoms. The number of nitrogens with one attached hydrogen (secondary N) is 2. The molecule has 0 bridgehead atoms. The molecule has 1 saturated carbocycles. The van der Waals surface area contributed by atoms with Gasteiger partial charge >= 0.3 is 0 Å². The summed E-state index contributed by atoms with van der Waals surface area (Å²) in [6.07, 6.45) is 2.60. The third-order valence-electron chi connectivity index (χ3n) is 4.95. The molecule has 2 amide bonds. The van der Waals surface area contributed by atoms with Gasteiger partial charge in [0.05, 0.1) is 6.54 Å². The minimum atomic E-state index is -0.0716. The van der Waals surface area contributed by atoms with Gasteiger partial charge < -0.3 is 20.3 Å². The van der Waals surface area contributed by atoms with Gasteiger partial charge in [0.1, 0.15) is 12.4 Å². The van der Waals surface area contributed by atoms with Crippen LogP contribution in [-0.4, -0.2) is 56.0 Å². The highest BCUT2D eigenvalue weighted by atomic mass is 35.5. The predicted octanol–water partition coefficient (Wildman–Crippen LogP) is 1.69. The summed E-state index contributed by atoms with van der Waals surface area (Å²) in [5.41, 5.74) is 0.651. The topological polar surface area (TPSA) is 70.7 Å². The zero-order valence-electron chi connectivity index (χ0n) is 15.4. The van der Waals surface area contributed by atoms with E-state index in [1.165, 1.54) is 19.8 Å². The second kappa shape index (κ2) is 9.24. The molecule has 144 valence electrons. The smallest absolute Gasteiger partial charge is 0.251 e. The molecule has 2 atom stereocenters. The van der Waals surface area contributed by atoms with E-state index in [2.05, 4.69) is 22.6 Å². The van der Waals surface area contributed by atoms with Gasteiger partial charge in [0.15, 0.2) is 0 Å². The van der Waals surface area contributed by atoms with Gasteiger partial charge in [0.2, 0.25) is 5.91 Å². The normalized spacial score (nSPS) is 22.4. The molecular formula is C19H28ClN3O3. The van der Waals surface area contributed by atoms with Gasteiger partial charge in [-0.2, -0.15) is 0 Å². The standard InChI is InChI=1S/C19H27N3O3.ClH/c1-13(23)20-9-10-25-16-7-5-15(6-8-16)19(24)21-18-12-22(2)11-17(18)14-3-4-14;/h5-8,14,17-18H,3-4,9-12H2,1-2H3,(H,20,23)(H,21,24);1H/t17-,18+;/m1./s1. The van der Waals surface area contributed by atoms with Gasteiger partial charge in [-0.05, 0) is 56.0 Å². The minimum absolute atomic E-state index is 0. The molecule has 1 aromatic rings. The number of benzene rings is 1. The van der Waals surface area contributed by atoms with E-state index >= 15 is 0 Å². The summed E-state index contributed by atoms with van der Waals surface area (Å²) in [5.74, 6) is 1.98. The number of ether oxygens (including phenoxy) is 1. The van der Waals surface area contributed by atoms with E-state index < -0.39 is 0 Å². The Morgan fingerprint density at radius 2 is 1.88 bits per heavy atom. The van der Waals surface area contributed by atoms with Crippen molar-refractivity contribution in [2.24, 2.45) is 11.8 Å². The van der Waals surface area contributed by atoms with Crippen molar-refractivity contribution in [2.75, 3.05) is 33.3 Å². The first-order chi connectivity index (χ1) is 12.0. The maximum absolute atomic E-state index is 12.5. The van der Waals surface area contributed by atoms with Crippen LogP contribution in [0.1, 0.15) is 30.1 Å². The lowest BCUT2D eigenvalue weighted by molar-refractivity contribution is -0.119. The number of rotatable bonds is 7. The lowest BCUT2D eigenvalue weighted by Crippen LogP contribution is -2.41. The van der Waals surface area contributed by atoms with E-state index in [0.29, 0.717) is 30.4 Å². The van der Waals surface area contributed by atoms with Crippen LogP contribution in [0.2, 0.25) is 0 Å². The third-order valence-corrected chi connectivity index (χ3v) is 4.95. The maximum atomic E-state index is 12.5. The maximum Gasteiger partial charge on any atom is 0.251 e. The monoisotopic (exact) mass is 381 g/mol. The molecular weight excluding hydrogens is 354 g/mol. The van der Waals surface area contributed by atoms with Crippen molar-refractivity contribution in [2.45, 2.75) is 25.8 Å². The molecule has 7 heteroatoms. The highest BCUT2D eigenvalue weighted by Gasteiger charge is 2.41. The van der Waals surface area contributed by atoms with Crippen LogP contribution in [0.3, 0.4) is 0 Å². The molecule has 2 aliphatic rings. The Morgan fingerprint density at radius 3 is 2.50 bits per heavy atom. The molecule has 1 aliphatic carbocycles. The molecule has 1 saturated heterocycles. The van der Waals surface area contributed by atoms with Gasteiger partial charge in [-0.3, -0.25) is 9.59 Å². The van der Waals surface area contributed by atoms with Gasteiger partial charge in [-0.1, -0.05) is 0 Å². The van der Waals surface area contributed by atoms with E-state index in [1.54, 1.807) is 24.3 Å². The molecule has 1 heterocycles. The van der Waals surface area contributed by atoms with Gasteiger partial charge in [0.25, 0.3) is 5.91 Å². The van der Waals surface area contributed by atoms with E-state index in [0.717, 1.165) is 19.0 Å². The summed E-state index contributed by atoms with van der Waals surface area (Å²) < 4.78 is 5.54. The summed E-state index contributed by atoms with van der Waals surface area (Å²) in [5, 5.41) is 5.89. The number of likely N-dealkylation sites (tertiary alicyclic amines) is 1. The van der Waals surface area contributed by atoms with Crippen molar-refractivity contribution in [3.05, 3.63) is 29.8 Å². The zero-order chi connectivity index (χ0) is 17.8. The molecule has 2 fully saturated rings. The van der Waals surface area contributed by atoms with Crippen LogP contribution >= 0.6 is 12.4 Å². The first-order valence-corrected chi connectivity index (χ1v) is 8.99. The van der Waals surface area contributed by atoms with Gasteiger partial charge in [-0.15, -0.1) is 12.4 Å². The van der Waals surface area contributed by atoms with Crippen LogP contribution in [0.4, 0.5) is 0 Å². The van der Waals surface area contributed by atoms with Crippen molar-refractivity contribution in [3.63, 3.8) is 0 Å². The van der Waals surface area contributed by atoms with E-state index in [1.807, 2.05) is 0 Å². The average Bonchev–Trinajstić information content (AvgIpc) is 3.36. The minimum Gasteiger partial charge on any atom is -0.492 e. The molecule has 1 aromatic carbocycles. The van der Waals surface area contributed by atoms with Gasteiger partial charge in [0, 0.05) is 31.6 Å². The molecule has 0 unspecified atom stereocenters. The fourth-order valence-electron chi connectivity index (χ4n) is 3.54. The fourth-order valence-corrected chi connectivity index (χ4v) is 3.54. The number of hydrogen-bond donors (Lipinski definition) is 2. The number of carbonyl (C=O) groups is 2. The lowest BCUT2D eigenvalue weighted by atomic mass is 9.98. The molecule has 1 aliphatic heterocycles. The summed E-state index contributed by atoms with van der Waals surface area (Å²) in [7, 11) is 2.12. The third kappa shape index (κ3) is 5.61.